The van der Waals surface area contributed by atoms with Gasteiger partial charge >= 0.3 is 0 Å². The van der Waals surface area contributed by atoms with Crippen LogP contribution < -0.4 is 10.6 Å². The Bertz CT molecular complexity index is 1250. The molecule has 0 saturated carbocycles. The number of rotatable bonds is 8. The molecule has 3 heterocycles. The Kier molecular flexibility index (Phi) is 6.23. The molecule has 0 atom stereocenters. The topological polar surface area (TPSA) is 166 Å². The minimum atomic E-state index is -0.532. The van der Waals surface area contributed by atoms with E-state index in [9.17, 15) is 19.7 Å². The van der Waals surface area contributed by atoms with Crippen LogP contribution in [-0.4, -0.2) is 37.8 Å². The molecule has 12 nitrogen and oxygen atoms in total. The maximum Gasteiger partial charge on any atom is 0.279 e. The van der Waals surface area contributed by atoms with Crippen LogP contribution in [0.2, 0.25) is 0 Å². The summed E-state index contributed by atoms with van der Waals surface area (Å²) in [5.74, 6) is -0.0614. The predicted octanol–water partition coefficient (Wildman–Crippen LogP) is 3.68. The third-order valence-electron chi connectivity index (χ3n) is 3.82. The van der Waals surface area contributed by atoms with Gasteiger partial charge in [0.25, 0.3) is 11.6 Å². The second-order valence-electron chi connectivity index (χ2n) is 6.02. The van der Waals surface area contributed by atoms with Crippen LogP contribution in [0.4, 0.5) is 16.5 Å². The fourth-order valence-electron chi connectivity index (χ4n) is 2.39. The summed E-state index contributed by atoms with van der Waals surface area (Å²) in [4.78, 5) is 34.5. The van der Waals surface area contributed by atoms with Crippen molar-refractivity contribution in [2.24, 2.45) is 0 Å². The zero-order valence-corrected chi connectivity index (χ0v) is 17.5. The fourth-order valence-corrected chi connectivity index (χ4v) is 3.93. The number of thioether (sulfide) groups is 1. The zero-order valence-electron chi connectivity index (χ0n) is 15.9. The maximum atomic E-state index is 12.3. The number of benzene rings is 1. The number of carbonyl (C=O) groups excluding carboxylic acids is 2. The number of nitro groups is 1. The molecule has 0 radical (unpaired) electrons. The number of carbonyl (C=O) groups is 2. The van der Waals surface area contributed by atoms with Gasteiger partial charge in [0.05, 0.1) is 16.9 Å². The molecule has 0 saturated heterocycles. The van der Waals surface area contributed by atoms with Crippen molar-refractivity contribution in [1.29, 1.82) is 0 Å². The lowest BCUT2D eigenvalue weighted by Gasteiger charge is -2.03. The van der Waals surface area contributed by atoms with E-state index in [1.54, 1.807) is 12.1 Å². The highest BCUT2D eigenvalue weighted by atomic mass is 32.2. The Labute approximate surface area is 187 Å². The molecule has 1 aromatic carbocycles. The summed E-state index contributed by atoms with van der Waals surface area (Å²) in [6.07, 6.45) is 1.48. The number of hydrogen-bond donors (Lipinski definition) is 2. The number of nitro benzene ring substituents is 1. The number of non-ortho nitro benzene ring substituents is 1. The van der Waals surface area contributed by atoms with E-state index >= 15 is 0 Å². The smallest absolute Gasteiger partial charge is 0.279 e. The minimum absolute atomic E-state index is 0.0371. The van der Waals surface area contributed by atoms with Crippen LogP contribution in [0.5, 0.6) is 0 Å². The van der Waals surface area contributed by atoms with Gasteiger partial charge in [-0.1, -0.05) is 28.3 Å². The van der Waals surface area contributed by atoms with E-state index in [4.69, 9.17) is 8.94 Å². The van der Waals surface area contributed by atoms with E-state index in [-0.39, 0.29) is 28.2 Å². The quantitative estimate of drug-likeness (QED) is 0.167. The van der Waals surface area contributed by atoms with E-state index in [0.717, 1.165) is 23.1 Å². The summed E-state index contributed by atoms with van der Waals surface area (Å²) in [7, 11) is 0. The first-order chi connectivity index (χ1) is 15.5. The molecular weight excluding hydrogens is 460 g/mol. The van der Waals surface area contributed by atoms with Gasteiger partial charge in [-0.05, 0) is 24.3 Å². The highest BCUT2D eigenvalue weighted by Gasteiger charge is 2.17. The summed E-state index contributed by atoms with van der Waals surface area (Å²) in [6.45, 7) is 0. The highest BCUT2D eigenvalue weighted by Crippen LogP contribution is 2.27. The Morgan fingerprint density at radius 2 is 1.94 bits per heavy atom. The summed E-state index contributed by atoms with van der Waals surface area (Å²) >= 11 is 2.22. The van der Waals surface area contributed by atoms with Gasteiger partial charge in [0.2, 0.25) is 16.8 Å². The van der Waals surface area contributed by atoms with Crippen LogP contribution in [0, 0.1) is 10.1 Å². The minimum Gasteiger partial charge on any atom is -0.461 e. The summed E-state index contributed by atoms with van der Waals surface area (Å²) in [5, 5.41) is 27.6. The number of anilines is 2. The van der Waals surface area contributed by atoms with Crippen molar-refractivity contribution in [1.82, 2.24) is 15.4 Å². The molecule has 162 valence electrons. The lowest BCUT2D eigenvalue weighted by molar-refractivity contribution is -0.384. The number of furan rings is 1. The Morgan fingerprint density at radius 3 is 2.66 bits per heavy atom. The fraction of sp³-hybridized carbons (Fsp3) is 0.0556. The van der Waals surface area contributed by atoms with Crippen molar-refractivity contribution in [2.75, 3.05) is 16.4 Å². The van der Waals surface area contributed by atoms with Crippen molar-refractivity contribution in [3.05, 3.63) is 64.5 Å². The van der Waals surface area contributed by atoms with E-state index in [0.29, 0.717) is 21.5 Å². The van der Waals surface area contributed by atoms with Crippen LogP contribution in [-0.2, 0) is 4.79 Å². The van der Waals surface area contributed by atoms with Gasteiger partial charge in [0.15, 0.2) is 15.8 Å². The third-order valence-corrected chi connectivity index (χ3v) is 5.79. The molecule has 3 aromatic heterocycles. The molecule has 4 aromatic rings. The maximum absolute atomic E-state index is 12.3. The van der Waals surface area contributed by atoms with E-state index < -0.39 is 10.8 Å². The normalized spacial score (nSPS) is 10.6. The van der Waals surface area contributed by atoms with Crippen LogP contribution >= 0.6 is 23.1 Å². The lowest BCUT2D eigenvalue weighted by Crippen LogP contribution is -2.13. The number of hydrogen-bond acceptors (Lipinski definition) is 11. The molecule has 0 unspecified atom stereocenters. The molecule has 14 heteroatoms. The Balaban J connectivity index is 1.27. The van der Waals surface area contributed by atoms with Crippen LogP contribution in [0.25, 0.3) is 11.5 Å². The van der Waals surface area contributed by atoms with Crippen molar-refractivity contribution < 1.29 is 23.5 Å². The molecule has 0 aliphatic rings. The summed E-state index contributed by atoms with van der Waals surface area (Å²) in [5.41, 5.74) is 0.417. The van der Waals surface area contributed by atoms with E-state index in [2.05, 4.69) is 26.0 Å². The zero-order chi connectivity index (χ0) is 22.5. The summed E-state index contributed by atoms with van der Waals surface area (Å²) < 4.78 is 10.7. The molecule has 2 N–H and O–H groups in total. The Morgan fingerprint density at radius 1 is 1.12 bits per heavy atom. The molecule has 0 fully saturated rings. The lowest BCUT2D eigenvalue weighted by atomic mass is 10.3. The van der Waals surface area contributed by atoms with Gasteiger partial charge in [-0.3, -0.25) is 25.0 Å². The molecule has 2 amide bonds. The van der Waals surface area contributed by atoms with Crippen LogP contribution in [0.3, 0.4) is 0 Å². The van der Waals surface area contributed by atoms with E-state index in [1.807, 2.05) is 0 Å². The number of nitrogens with one attached hydrogen (secondary N) is 2. The molecule has 0 aliphatic heterocycles. The molecule has 0 bridgehead atoms. The van der Waals surface area contributed by atoms with Gasteiger partial charge in [-0.2, -0.15) is 0 Å². The van der Waals surface area contributed by atoms with Crippen LogP contribution in [0.1, 0.15) is 10.5 Å². The molecular formula is C18H12N6O6S2. The Hall–Kier alpha value is -4.04. The SMILES string of the molecule is O=C(CSc1nnc(NC(=O)c2cc(-c3ccco3)on2)s1)Nc1ccc([N+](=O)[O-])cc1. The second kappa shape index (κ2) is 9.40. The number of nitrogens with zero attached hydrogens (tertiary/aromatic N) is 4. The van der Waals surface area contributed by atoms with Gasteiger partial charge in [0.1, 0.15) is 0 Å². The monoisotopic (exact) mass is 472 g/mol. The third kappa shape index (κ3) is 5.16. The highest BCUT2D eigenvalue weighted by molar-refractivity contribution is 8.01. The van der Waals surface area contributed by atoms with Crippen molar-refractivity contribution in [3.63, 3.8) is 0 Å². The number of aromatic nitrogens is 3. The van der Waals surface area contributed by atoms with E-state index in [1.165, 1.54) is 36.6 Å². The standard InChI is InChI=1S/C18H12N6O6S2/c25-15(19-10-3-5-11(6-4-10)24(27)28)9-31-18-22-21-17(32-18)20-16(26)12-8-14(30-23-12)13-2-1-7-29-13/h1-8H,9H2,(H,19,25)(H,20,21,26). The predicted molar refractivity (Wildman–Crippen MR) is 115 cm³/mol. The first-order valence-electron chi connectivity index (χ1n) is 8.80. The van der Waals surface area contributed by atoms with Gasteiger partial charge in [0, 0.05) is 23.9 Å². The largest absolute Gasteiger partial charge is 0.461 e. The van der Waals surface area contributed by atoms with Crippen molar-refractivity contribution in [2.45, 2.75) is 4.34 Å². The average molecular weight is 472 g/mol. The number of amides is 2. The van der Waals surface area contributed by atoms with Gasteiger partial charge in [-0.15, -0.1) is 10.2 Å². The van der Waals surface area contributed by atoms with Crippen molar-refractivity contribution >= 4 is 51.4 Å². The van der Waals surface area contributed by atoms with Gasteiger partial charge in [-0.25, -0.2) is 0 Å². The summed E-state index contributed by atoms with van der Waals surface area (Å²) in [6, 6.07) is 10.3. The molecule has 0 aliphatic carbocycles. The molecule has 4 rings (SSSR count). The first kappa shape index (κ1) is 21.2. The van der Waals surface area contributed by atoms with Crippen LogP contribution in [0.15, 0.2) is 62.0 Å². The first-order valence-corrected chi connectivity index (χ1v) is 10.6. The van der Waals surface area contributed by atoms with Crippen molar-refractivity contribution in [3.8, 4) is 11.5 Å². The molecule has 0 spiro atoms. The second-order valence-corrected chi connectivity index (χ2v) is 8.22. The molecule has 32 heavy (non-hydrogen) atoms. The average Bonchev–Trinajstić information content (AvgIpc) is 3.53. The van der Waals surface area contributed by atoms with Gasteiger partial charge < -0.3 is 14.3 Å².